The number of hydrogen-bond donors (Lipinski definition) is 3. The molecule has 4 atom stereocenters. The van der Waals surface area contributed by atoms with E-state index in [-0.39, 0.29) is 12.3 Å². The molecule has 2 aliphatic heterocycles. The zero-order valence-corrected chi connectivity index (χ0v) is 10.0. The van der Waals surface area contributed by atoms with Gasteiger partial charge in [0, 0.05) is 6.42 Å². The van der Waals surface area contributed by atoms with Crippen molar-refractivity contribution in [2.24, 2.45) is 4.99 Å². The molecule has 7 heteroatoms. The minimum atomic E-state index is -0.712. The fraction of sp³-hybridized carbons (Fsp3) is 0.636. The van der Waals surface area contributed by atoms with Crippen LogP contribution in [0.3, 0.4) is 0 Å². The van der Waals surface area contributed by atoms with Gasteiger partial charge in [-0.15, -0.1) is 0 Å². The van der Waals surface area contributed by atoms with E-state index < -0.39 is 12.2 Å². The largest absolute Gasteiger partial charge is 0.390 e. The van der Waals surface area contributed by atoms with Gasteiger partial charge in [-0.05, 0) is 6.92 Å². The average Bonchev–Trinajstić information content (AvgIpc) is 2.84. The summed E-state index contributed by atoms with van der Waals surface area (Å²) in [5, 5.41) is 22.6. The van der Waals surface area contributed by atoms with E-state index in [0.717, 1.165) is 0 Å². The number of nitrogens with zero attached hydrogens (tertiary/aromatic N) is 3. The van der Waals surface area contributed by atoms with Gasteiger partial charge < -0.3 is 20.3 Å². The summed E-state index contributed by atoms with van der Waals surface area (Å²) in [5.41, 5.74) is 0.560. The van der Waals surface area contributed by atoms with Crippen LogP contribution in [-0.4, -0.2) is 44.9 Å². The van der Waals surface area contributed by atoms with Crippen molar-refractivity contribution in [1.82, 2.24) is 9.55 Å². The molecule has 98 valence electrons. The summed E-state index contributed by atoms with van der Waals surface area (Å²) in [6.07, 6.45) is 2.03. The first-order chi connectivity index (χ1) is 8.66. The summed E-state index contributed by atoms with van der Waals surface area (Å²) in [4.78, 5) is 8.21. The second kappa shape index (κ2) is 4.34. The van der Waals surface area contributed by atoms with Gasteiger partial charge in [-0.1, -0.05) is 0 Å². The fourth-order valence-corrected chi connectivity index (χ4v) is 2.30. The molecule has 18 heavy (non-hydrogen) atoms. The van der Waals surface area contributed by atoms with Crippen molar-refractivity contribution in [2.75, 3.05) is 11.9 Å². The number of aliphatic hydroxyl groups excluding tert-OH is 2. The van der Waals surface area contributed by atoms with Gasteiger partial charge in [0.25, 0.3) is 0 Å². The number of ether oxygens (including phenoxy) is 1. The van der Waals surface area contributed by atoms with Crippen molar-refractivity contribution < 1.29 is 14.9 Å². The summed E-state index contributed by atoms with van der Waals surface area (Å²) in [6, 6.07) is 0. The number of hydrogen-bond acceptors (Lipinski definition) is 6. The Labute approximate surface area is 104 Å². The maximum Gasteiger partial charge on any atom is 0.139 e. The van der Waals surface area contributed by atoms with Crippen LogP contribution in [0.15, 0.2) is 11.3 Å². The summed E-state index contributed by atoms with van der Waals surface area (Å²) >= 11 is 0. The van der Waals surface area contributed by atoms with Gasteiger partial charge in [0.05, 0.1) is 31.4 Å². The summed E-state index contributed by atoms with van der Waals surface area (Å²) in [5.74, 6) is 0.676. The highest BCUT2D eigenvalue weighted by molar-refractivity contribution is 5.76. The zero-order chi connectivity index (χ0) is 12.7. The minimum Gasteiger partial charge on any atom is -0.390 e. The van der Waals surface area contributed by atoms with Gasteiger partial charge in [-0.3, -0.25) is 9.56 Å². The van der Waals surface area contributed by atoms with Gasteiger partial charge in [0.15, 0.2) is 0 Å². The van der Waals surface area contributed by atoms with Crippen molar-refractivity contribution in [3.63, 3.8) is 0 Å². The van der Waals surface area contributed by atoms with E-state index in [1.165, 1.54) is 0 Å². The van der Waals surface area contributed by atoms with Gasteiger partial charge in [0.1, 0.15) is 23.8 Å². The predicted molar refractivity (Wildman–Crippen MR) is 64.4 cm³/mol. The molecule has 0 aliphatic carbocycles. The highest BCUT2D eigenvalue weighted by atomic mass is 16.5. The Kier molecular flexibility index (Phi) is 2.81. The second-order valence-electron chi connectivity index (χ2n) is 4.64. The van der Waals surface area contributed by atoms with E-state index in [0.29, 0.717) is 24.5 Å². The van der Waals surface area contributed by atoms with Crippen LogP contribution < -0.4 is 5.32 Å². The maximum absolute atomic E-state index is 9.88. The molecule has 1 aromatic rings. The third kappa shape index (κ3) is 1.80. The van der Waals surface area contributed by atoms with Crippen LogP contribution in [0.1, 0.15) is 31.4 Å². The molecule has 0 saturated carbocycles. The first-order valence-corrected chi connectivity index (χ1v) is 6.00. The van der Waals surface area contributed by atoms with Crippen molar-refractivity contribution >= 4 is 12.2 Å². The maximum atomic E-state index is 9.88. The predicted octanol–water partition coefficient (Wildman–Crippen LogP) is 0.0386. The van der Waals surface area contributed by atoms with E-state index >= 15 is 0 Å². The summed E-state index contributed by atoms with van der Waals surface area (Å²) in [7, 11) is 0. The summed E-state index contributed by atoms with van der Waals surface area (Å²) in [6.45, 7) is 2.13. The lowest BCUT2D eigenvalue weighted by Gasteiger charge is -2.15. The standard InChI is InChI=1S/C11H16N4O3/c1-6-7(16)2-9(18-6)15-5-14-10-8(17)3-12-4-13-11(10)15/h4-9,16-17H,2-3H2,1H3,(H,12,13). The molecule has 0 bridgehead atoms. The van der Waals surface area contributed by atoms with Gasteiger partial charge in [-0.25, -0.2) is 4.98 Å². The molecule has 3 N–H and O–H groups in total. The Bertz CT molecular complexity index is 463. The lowest BCUT2D eigenvalue weighted by Crippen LogP contribution is -2.15. The van der Waals surface area contributed by atoms with Gasteiger partial charge in [-0.2, -0.15) is 0 Å². The van der Waals surface area contributed by atoms with E-state index in [1.54, 1.807) is 17.2 Å². The number of fused-ring (bicyclic) bond motifs is 1. The van der Waals surface area contributed by atoms with E-state index in [1.807, 2.05) is 6.92 Å². The molecule has 7 nitrogen and oxygen atoms in total. The number of aromatic nitrogens is 2. The van der Waals surface area contributed by atoms with Crippen LogP contribution >= 0.6 is 0 Å². The molecule has 0 amide bonds. The highest BCUT2D eigenvalue weighted by Crippen LogP contribution is 2.33. The topological polar surface area (TPSA) is 91.9 Å². The molecule has 3 rings (SSSR count). The molecule has 0 radical (unpaired) electrons. The number of aliphatic imine (C=N–C) groups is 1. The van der Waals surface area contributed by atoms with E-state index in [4.69, 9.17) is 4.74 Å². The molecule has 1 aromatic heterocycles. The number of rotatable bonds is 1. The van der Waals surface area contributed by atoms with Gasteiger partial charge in [0.2, 0.25) is 0 Å². The number of anilines is 1. The fourth-order valence-electron chi connectivity index (χ4n) is 2.30. The van der Waals surface area contributed by atoms with Crippen LogP contribution in [-0.2, 0) is 4.74 Å². The summed E-state index contributed by atoms with van der Waals surface area (Å²) < 4.78 is 7.46. The molecule has 2 aliphatic rings. The van der Waals surface area contributed by atoms with E-state index in [2.05, 4.69) is 15.3 Å². The lowest BCUT2D eigenvalue weighted by atomic mass is 10.2. The molecule has 3 heterocycles. The smallest absolute Gasteiger partial charge is 0.139 e. The third-order valence-corrected chi connectivity index (χ3v) is 3.38. The molecule has 4 unspecified atom stereocenters. The first kappa shape index (κ1) is 11.6. The number of nitrogens with one attached hydrogen (secondary N) is 1. The number of aliphatic hydroxyl groups is 2. The van der Waals surface area contributed by atoms with Crippen LogP contribution in [0.25, 0.3) is 0 Å². The molecule has 0 aromatic carbocycles. The molecule has 1 saturated heterocycles. The van der Waals surface area contributed by atoms with Crippen LogP contribution in [0, 0.1) is 0 Å². The average molecular weight is 252 g/mol. The third-order valence-electron chi connectivity index (χ3n) is 3.38. The van der Waals surface area contributed by atoms with Crippen LogP contribution in [0.2, 0.25) is 0 Å². The number of imidazole rings is 1. The van der Waals surface area contributed by atoms with Crippen LogP contribution in [0.4, 0.5) is 5.82 Å². The van der Waals surface area contributed by atoms with Crippen molar-refractivity contribution in [2.45, 2.75) is 37.9 Å². The van der Waals surface area contributed by atoms with Crippen molar-refractivity contribution in [3.05, 3.63) is 12.0 Å². The molecular formula is C11H16N4O3. The normalized spacial score (nSPS) is 35.1. The van der Waals surface area contributed by atoms with Crippen molar-refractivity contribution in [1.29, 1.82) is 0 Å². The lowest BCUT2D eigenvalue weighted by molar-refractivity contribution is -0.00703. The van der Waals surface area contributed by atoms with Gasteiger partial charge >= 0.3 is 0 Å². The Morgan fingerprint density at radius 3 is 3.06 bits per heavy atom. The second-order valence-corrected chi connectivity index (χ2v) is 4.64. The molecule has 1 fully saturated rings. The minimum absolute atomic E-state index is 0.197. The zero-order valence-electron chi connectivity index (χ0n) is 10.0. The first-order valence-electron chi connectivity index (χ1n) is 6.00. The Morgan fingerprint density at radius 2 is 2.33 bits per heavy atom. The van der Waals surface area contributed by atoms with E-state index in [9.17, 15) is 10.2 Å². The molecule has 0 spiro atoms. The highest BCUT2D eigenvalue weighted by Gasteiger charge is 2.34. The Hall–Kier alpha value is -1.44. The quantitative estimate of drug-likeness (QED) is 0.656. The Morgan fingerprint density at radius 1 is 1.50 bits per heavy atom. The SMILES string of the molecule is CC1OC(n2cnc3c2NC=NCC3O)CC1O. The van der Waals surface area contributed by atoms with Crippen LogP contribution in [0.5, 0.6) is 0 Å². The van der Waals surface area contributed by atoms with Crippen molar-refractivity contribution in [3.8, 4) is 0 Å². The molecular weight excluding hydrogens is 236 g/mol. The Balaban J connectivity index is 1.92. The monoisotopic (exact) mass is 252 g/mol.